The Labute approximate surface area is 115 Å². The van der Waals surface area contributed by atoms with Crippen LogP contribution in [0.2, 0.25) is 0 Å². The molecule has 9 nitrogen and oxygen atoms in total. The number of hydrogen-bond donors (Lipinski definition) is 1. The van der Waals surface area contributed by atoms with Gasteiger partial charge in [-0.25, -0.2) is 4.79 Å². The summed E-state index contributed by atoms with van der Waals surface area (Å²) < 4.78 is 4.89. The summed E-state index contributed by atoms with van der Waals surface area (Å²) in [5.74, 6) is 0.180. The molecule has 0 spiro atoms. The first kappa shape index (κ1) is 17.2. The SMILES string of the molecule is C.C[C@@H](CN=[N+]=[N-])NC(=O)Oc1ccc([N+](=O)[O-])cc1. The largest absolute Gasteiger partial charge is 0.412 e. The molecule has 1 N–H and O–H groups in total. The summed E-state index contributed by atoms with van der Waals surface area (Å²) in [7, 11) is 0. The number of benzene rings is 1. The number of nitrogens with one attached hydrogen (secondary N) is 1. The number of nitro groups is 1. The zero-order chi connectivity index (χ0) is 14.3. The van der Waals surface area contributed by atoms with Crippen LogP contribution in [0, 0.1) is 10.1 Å². The fourth-order valence-corrected chi connectivity index (χ4v) is 1.18. The molecule has 9 heteroatoms. The Morgan fingerprint density at radius 1 is 1.55 bits per heavy atom. The summed E-state index contributed by atoms with van der Waals surface area (Å²) in [5.41, 5.74) is 8.02. The van der Waals surface area contributed by atoms with Gasteiger partial charge in [0.2, 0.25) is 0 Å². The van der Waals surface area contributed by atoms with Crippen LogP contribution in [0.4, 0.5) is 10.5 Å². The second kappa shape index (κ2) is 8.33. The number of amides is 1. The van der Waals surface area contributed by atoms with Crippen molar-refractivity contribution in [2.45, 2.75) is 20.4 Å². The van der Waals surface area contributed by atoms with Gasteiger partial charge in [0.25, 0.3) is 5.69 Å². The highest BCUT2D eigenvalue weighted by Gasteiger charge is 2.10. The monoisotopic (exact) mass is 281 g/mol. The first-order valence-corrected chi connectivity index (χ1v) is 5.26. The van der Waals surface area contributed by atoms with Crippen LogP contribution in [0.5, 0.6) is 5.75 Å². The van der Waals surface area contributed by atoms with Crippen molar-refractivity contribution in [2.75, 3.05) is 6.54 Å². The molecule has 0 aliphatic heterocycles. The molecule has 1 atom stereocenters. The maximum Gasteiger partial charge on any atom is 0.412 e. The first-order chi connectivity index (χ1) is 9.02. The summed E-state index contributed by atoms with van der Waals surface area (Å²) >= 11 is 0. The minimum atomic E-state index is -0.727. The fraction of sp³-hybridized carbons (Fsp3) is 0.364. The lowest BCUT2D eigenvalue weighted by Crippen LogP contribution is -2.36. The van der Waals surface area contributed by atoms with Gasteiger partial charge in [0.15, 0.2) is 0 Å². The minimum Gasteiger partial charge on any atom is -0.410 e. The van der Waals surface area contributed by atoms with Crippen molar-refractivity contribution in [1.29, 1.82) is 0 Å². The second-order valence-electron chi connectivity index (χ2n) is 3.60. The molecule has 0 radical (unpaired) electrons. The van der Waals surface area contributed by atoms with Crippen LogP contribution in [-0.2, 0) is 0 Å². The molecular formula is C11H15N5O4. The lowest BCUT2D eigenvalue weighted by Gasteiger charge is -2.11. The lowest BCUT2D eigenvalue weighted by molar-refractivity contribution is -0.384. The molecule has 0 aliphatic carbocycles. The molecule has 0 unspecified atom stereocenters. The van der Waals surface area contributed by atoms with Crippen LogP contribution in [0.15, 0.2) is 29.4 Å². The van der Waals surface area contributed by atoms with E-state index in [0.717, 1.165) is 0 Å². The van der Waals surface area contributed by atoms with Gasteiger partial charge in [0.1, 0.15) is 5.75 Å². The highest BCUT2D eigenvalue weighted by atomic mass is 16.6. The predicted molar refractivity (Wildman–Crippen MR) is 72.5 cm³/mol. The van der Waals surface area contributed by atoms with Crippen molar-refractivity contribution in [1.82, 2.24) is 5.32 Å². The number of nitrogens with zero attached hydrogens (tertiary/aromatic N) is 4. The van der Waals surface area contributed by atoms with Crippen LogP contribution >= 0.6 is 0 Å². The van der Waals surface area contributed by atoms with Gasteiger partial charge in [-0.15, -0.1) is 0 Å². The van der Waals surface area contributed by atoms with E-state index in [1.54, 1.807) is 6.92 Å². The van der Waals surface area contributed by atoms with Gasteiger partial charge < -0.3 is 10.1 Å². The average molecular weight is 281 g/mol. The van der Waals surface area contributed by atoms with Gasteiger partial charge in [-0.05, 0) is 24.6 Å². The standard InChI is InChI=1S/C10H11N5O4.CH4/c1-7(6-12-14-11)13-10(16)19-9-4-2-8(3-5-9)15(17)18;/h2-5,7H,6H2,1H3,(H,13,16);1H4/t7-;/m0./s1. The van der Waals surface area contributed by atoms with Crippen LogP contribution in [-0.4, -0.2) is 23.6 Å². The summed E-state index contributed by atoms with van der Waals surface area (Å²) in [6.45, 7) is 1.75. The van der Waals surface area contributed by atoms with E-state index < -0.39 is 11.0 Å². The number of ether oxygens (including phenoxy) is 1. The van der Waals surface area contributed by atoms with Crippen LogP contribution in [0.1, 0.15) is 14.4 Å². The third-order valence-corrected chi connectivity index (χ3v) is 2.04. The van der Waals surface area contributed by atoms with Crippen molar-refractivity contribution in [3.05, 3.63) is 44.8 Å². The molecule has 0 aliphatic rings. The van der Waals surface area contributed by atoms with Gasteiger partial charge in [-0.1, -0.05) is 12.5 Å². The number of nitro benzene ring substituents is 1. The number of carbonyl (C=O) groups is 1. The Bertz CT molecular complexity index is 510. The summed E-state index contributed by atoms with van der Waals surface area (Å²) in [6, 6.07) is 4.71. The third-order valence-electron chi connectivity index (χ3n) is 2.04. The second-order valence-corrected chi connectivity index (χ2v) is 3.60. The Balaban J connectivity index is 0.00000361. The minimum absolute atomic E-state index is 0. The zero-order valence-corrected chi connectivity index (χ0v) is 10.0. The molecule has 0 saturated carbocycles. The number of azide groups is 1. The normalized spacial score (nSPS) is 10.4. The van der Waals surface area contributed by atoms with Crippen molar-refractivity contribution in [3.8, 4) is 5.75 Å². The van der Waals surface area contributed by atoms with Crippen LogP contribution in [0.25, 0.3) is 10.4 Å². The van der Waals surface area contributed by atoms with Gasteiger partial charge >= 0.3 is 6.09 Å². The zero-order valence-electron chi connectivity index (χ0n) is 10.0. The summed E-state index contributed by atoms with van der Waals surface area (Å²) in [4.78, 5) is 23.8. The highest BCUT2D eigenvalue weighted by Crippen LogP contribution is 2.17. The molecule has 1 aromatic carbocycles. The maximum atomic E-state index is 11.4. The Hall–Kier alpha value is -2.80. The van der Waals surface area contributed by atoms with E-state index in [2.05, 4.69) is 15.3 Å². The quantitative estimate of drug-likeness (QED) is 0.292. The van der Waals surface area contributed by atoms with Crippen molar-refractivity contribution in [3.63, 3.8) is 0 Å². The molecule has 0 aromatic heterocycles. The Kier molecular flexibility index (Phi) is 7.16. The Morgan fingerprint density at radius 2 is 2.15 bits per heavy atom. The predicted octanol–water partition coefficient (Wildman–Crippen LogP) is 3.02. The van der Waals surface area contributed by atoms with E-state index in [0.29, 0.717) is 0 Å². The van der Waals surface area contributed by atoms with E-state index >= 15 is 0 Å². The summed E-state index contributed by atoms with van der Waals surface area (Å²) in [6.07, 6.45) is -0.727. The molecular weight excluding hydrogens is 266 g/mol. The van der Waals surface area contributed by atoms with Crippen LogP contribution < -0.4 is 10.1 Å². The van der Waals surface area contributed by atoms with Gasteiger partial charge in [-0.2, -0.15) is 0 Å². The average Bonchev–Trinajstić information content (AvgIpc) is 2.36. The smallest absolute Gasteiger partial charge is 0.410 e. The molecule has 0 fully saturated rings. The van der Waals surface area contributed by atoms with E-state index in [-0.39, 0.29) is 31.5 Å². The number of hydrogen-bond acceptors (Lipinski definition) is 5. The van der Waals surface area contributed by atoms with Gasteiger partial charge in [0, 0.05) is 29.6 Å². The number of non-ortho nitro benzene ring substituents is 1. The van der Waals surface area contributed by atoms with Crippen molar-refractivity contribution in [2.24, 2.45) is 5.11 Å². The number of rotatable bonds is 5. The van der Waals surface area contributed by atoms with Crippen molar-refractivity contribution < 1.29 is 14.5 Å². The van der Waals surface area contributed by atoms with E-state index in [1.807, 2.05) is 0 Å². The molecule has 1 aromatic rings. The fourth-order valence-electron chi connectivity index (χ4n) is 1.18. The van der Waals surface area contributed by atoms with Crippen molar-refractivity contribution >= 4 is 11.8 Å². The molecule has 1 amide bonds. The van der Waals surface area contributed by atoms with Crippen LogP contribution in [0.3, 0.4) is 0 Å². The molecule has 20 heavy (non-hydrogen) atoms. The van der Waals surface area contributed by atoms with E-state index in [9.17, 15) is 14.9 Å². The third kappa shape index (κ3) is 5.69. The molecule has 0 bridgehead atoms. The van der Waals surface area contributed by atoms with Gasteiger partial charge in [-0.3, -0.25) is 10.1 Å². The first-order valence-electron chi connectivity index (χ1n) is 5.26. The maximum absolute atomic E-state index is 11.4. The van der Waals surface area contributed by atoms with Gasteiger partial charge in [0.05, 0.1) is 4.92 Å². The summed E-state index contributed by atoms with van der Waals surface area (Å²) in [5, 5.41) is 16.2. The molecule has 0 saturated heterocycles. The van der Waals surface area contributed by atoms with E-state index in [1.165, 1.54) is 24.3 Å². The Morgan fingerprint density at radius 3 is 2.65 bits per heavy atom. The lowest BCUT2D eigenvalue weighted by atomic mass is 10.3. The van der Waals surface area contributed by atoms with E-state index in [4.69, 9.17) is 10.3 Å². The molecule has 0 heterocycles. The molecule has 108 valence electrons. The topological polar surface area (TPSA) is 130 Å². The number of carbonyl (C=O) groups excluding carboxylic acids is 1. The highest BCUT2D eigenvalue weighted by molar-refractivity contribution is 5.70. The molecule has 1 rings (SSSR count).